The zero-order chi connectivity index (χ0) is 19.7. The molecule has 4 heterocycles. The summed E-state index contributed by atoms with van der Waals surface area (Å²) in [5.41, 5.74) is 2.56. The molecule has 28 heavy (non-hydrogen) atoms. The fourth-order valence-electron chi connectivity index (χ4n) is 2.87. The van der Waals surface area contributed by atoms with Crippen LogP contribution in [0, 0.1) is 6.92 Å². The number of aryl methyl sites for hydroxylation is 2. The van der Waals surface area contributed by atoms with E-state index >= 15 is 0 Å². The molecule has 0 fully saturated rings. The molecule has 1 N–H and O–H groups in total. The maximum absolute atomic E-state index is 12.6. The second-order valence-electron chi connectivity index (χ2n) is 6.12. The van der Waals surface area contributed by atoms with Crippen molar-refractivity contribution in [2.75, 3.05) is 6.54 Å². The third-order valence-electron chi connectivity index (χ3n) is 4.25. The normalized spacial score (nSPS) is 11.2. The van der Waals surface area contributed by atoms with Crippen LogP contribution < -0.4 is 5.32 Å². The number of rotatable bonds is 6. The quantitative estimate of drug-likeness (QED) is 0.463. The Morgan fingerprint density at radius 3 is 2.89 bits per heavy atom. The van der Waals surface area contributed by atoms with Gasteiger partial charge < -0.3 is 5.32 Å². The molecule has 4 aromatic heterocycles. The van der Waals surface area contributed by atoms with Crippen molar-refractivity contribution in [3.05, 3.63) is 57.4 Å². The summed E-state index contributed by atoms with van der Waals surface area (Å²) in [4.78, 5) is 18.0. The molecule has 0 saturated carbocycles. The number of nitrogens with one attached hydrogen (secondary N) is 1. The maximum Gasteiger partial charge on any atom is 0.256 e. The minimum atomic E-state index is -0.216. The highest BCUT2D eigenvalue weighted by atomic mass is 35.5. The summed E-state index contributed by atoms with van der Waals surface area (Å²) in [7, 11) is 0. The lowest BCUT2D eigenvalue weighted by Crippen LogP contribution is -2.25. The van der Waals surface area contributed by atoms with E-state index < -0.39 is 0 Å². The molecule has 0 unspecified atom stereocenters. The number of thiophene rings is 1. The van der Waals surface area contributed by atoms with E-state index in [0.29, 0.717) is 46.6 Å². The number of hydrogen-bond donors (Lipinski definition) is 1. The highest BCUT2D eigenvalue weighted by Crippen LogP contribution is 2.26. The summed E-state index contributed by atoms with van der Waals surface area (Å²) < 4.78 is 3.32. The number of carbonyl (C=O) groups is 1. The lowest BCUT2D eigenvalue weighted by molar-refractivity contribution is 0.0954. The van der Waals surface area contributed by atoms with Gasteiger partial charge in [0.1, 0.15) is 15.7 Å². The van der Waals surface area contributed by atoms with Crippen molar-refractivity contribution in [1.82, 2.24) is 29.7 Å². The fraction of sp³-hybridized carbons (Fsp3) is 0.222. The molecule has 144 valence electrons. The summed E-state index contributed by atoms with van der Waals surface area (Å²) in [5, 5.41) is 14.4. The average molecular weight is 435 g/mol. The van der Waals surface area contributed by atoms with Crippen molar-refractivity contribution in [1.29, 1.82) is 0 Å². The fourth-order valence-corrected chi connectivity index (χ4v) is 4.00. The molecule has 4 aromatic rings. The van der Waals surface area contributed by atoms with E-state index in [-0.39, 0.29) is 5.91 Å². The summed E-state index contributed by atoms with van der Waals surface area (Å²) >= 11 is 13.8. The van der Waals surface area contributed by atoms with Gasteiger partial charge in [-0.15, -0.1) is 11.3 Å². The van der Waals surface area contributed by atoms with E-state index in [4.69, 9.17) is 23.2 Å². The molecule has 0 aliphatic heterocycles. The Morgan fingerprint density at radius 2 is 2.18 bits per heavy atom. The molecule has 0 atom stereocenters. The molecular weight excluding hydrogens is 419 g/mol. The minimum absolute atomic E-state index is 0.216. The van der Waals surface area contributed by atoms with Gasteiger partial charge in [-0.2, -0.15) is 10.2 Å². The van der Waals surface area contributed by atoms with Crippen LogP contribution in [0.5, 0.6) is 0 Å². The summed E-state index contributed by atoms with van der Waals surface area (Å²) in [5.74, 6) is -0.216. The van der Waals surface area contributed by atoms with Crippen LogP contribution >= 0.6 is 34.5 Å². The van der Waals surface area contributed by atoms with Gasteiger partial charge >= 0.3 is 0 Å². The number of aromatic nitrogens is 5. The van der Waals surface area contributed by atoms with Crippen LogP contribution in [0.3, 0.4) is 0 Å². The number of carbonyl (C=O) groups excluding carboxylic acids is 1. The van der Waals surface area contributed by atoms with Crippen molar-refractivity contribution in [3.8, 4) is 10.6 Å². The first-order valence-electron chi connectivity index (χ1n) is 8.59. The molecule has 4 rings (SSSR count). The predicted molar refractivity (Wildman–Crippen MR) is 110 cm³/mol. The highest BCUT2D eigenvalue weighted by Gasteiger charge is 2.16. The third-order valence-corrected chi connectivity index (χ3v) is 6.07. The zero-order valence-corrected chi connectivity index (χ0v) is 17.2. The molecule has 0 aromatic carbocycles. The molecule has 10 heteroatoms. The maximum atomic E-state index is 12.6. The van der Waals surface area contributed by atoms with Gasteiger partial charge in [-0.1, -0.05) is 29.3 Å². The van der Waals surface area contributed by atoms with E-state index in [1.807, 2.05) is 23.6 Å². The molecular formula is C18H16Cl2N6OS. The van der Waals surface area contributed by atoms with Crippen molar-refractivity contribution < 1.29 is 4.79 Å². The Hall–Kier alpha value is -2.42. The zero-order valence-electron chi connectivity index (χ0n) is 14.9. The summed E-state index contributed by atoms with van der Waals surface area (Å²) in [6.45, 7) is 2.82. The van der Waals surface area contributed by atoms with E-state index in [1.165, 1.54) is 0 Å². The molecule has 1 amide bonds. The SMILES string of the molecule is Cc1nn(CCCNC(=O)c2cnn3c(-c4cccs4)ccnc23)c(Cl)c1Cl. The molecule has 0 aliphatic rings. The first kappa shape index (κ1) is 18.9. The van der Waals surface area contributed by atoms with E-state index in [0.717, 1.165) is 10.6 Å². The number of hydrogen-bond acceptors (Lipinski definition) is 5. The number of nitrogens with zero attached hydrogens (tertiary/aromatic N) is 5. The monoisotopic (exact) mass is 434 g/mol. The Labute approximate surface area is 174 Å². The second kappa shape index (κ2) is 7.90. The van der Waals surface area contributed by atoms with Crippen LogP contribution in [-0.2, 0) is 6.54 Å². The van der Waals surface area contributed by atoms with Crippen molar-refractivity contribution in [3.63, 3.8) is 0 Å². The van der Waals surface area contributed by atoms with Gasteiger partial charge in [-0.05, 0) is 30.9 Å². The lowest BCUT2D eigenvalue weighted by Gasteiger charge is -2.06. The molecule has 0 bridgehead atoms. The van der Waals surface area contributed by atoms with Crippen LogP contribution in [0.2, 0.25) is 10.2 Å². The lowest BCUT2D eigenvalue weighted by atomic mass is 10.3. The highest BCUT2D eigenvalue weighted by molar-refractivity contribution is 7.13. The molecule has 0 aliphatic carbocycles. The van der Waals surface area contributed by atoms with Crippen LogP contribution in [0.15, 0.2) is 36.0 Å². The topological polar surface area (TPSA) is 77.1 Å². The molecule has 0 spiro atoms. The van der Waals surface area contributed by atoms with Crippen molar-refractivity contribution in [2.45, 2.75) is 19.9 Å². The Morgan fingerprint density at radius 1 is 1.32 bits per heavy atom. The largest absolute Gasteiger partial charge is 0.352 e. The van der Waals surface area contributed by atoms with Gasteiger partial charge in [0.05, 0.1) is 22.5 Å². The predicted octanol–water partition coefficient (Wildman–Crippen LogP) is 4.09. The first-order chi connectivity index (χ1) is 13.6. The Balaban J connectivity index is 1.43. The van der Waals surface area contributed by atoms with Gasteiger partial charge in [-0.3, -0.25) is 9.48 Å². The van der Waals surface area contributed by atoms with E-state index in [2.05, 4.69) is 20.5 Å². The third kappa shape index (κ3) is 3.50. The van der Waals surface area contributed by atoms with Crippen LogP contribution in [0.4, 0.5) is 0 Å². The van der Waals surface area contributed by atoms with Crippen LogP contribution in [0.25, 0.3) is 16.2 Å². The summed E-state index contributed by atoms with van der Waals surface area (Å²) in [6.07, 6.45) is 3.90. The second-order valence-corrected chi connectivity index (χ2v) is 7.81. The van der Waals surface area contributed by atoms with Crippen molar-refractivity contribution in [2.24, 2.45) is 0 Å². The van der Waals surface area contributed by atoms with Crippen LogP contribution in [-0.4, -0.2) is 36.8 Å². The first-order valence-corrected chi connectivity index (χ1v) is 10.2. The van der Waals surface area contributed by atoms with E-state index in [9.17, 15) is 4.79 Å². The van der Waals surface area contributed by atoms with Gasteiger partial charge in [-0.25, -0.2) is 9.50 Å². The van der Waals surface area contributed by atoms with E-state index in [1.54, 1.807) is 39.9 Å². The Bertz CT molecular complexity index is 1130. The van der Waals surface area contributed by atoms with Gasteiger partial charge in [0.2, 0.25) is 0 Å². The van der Waals surface area contributed by atoms with Gasteiger partial charge in [0.15, 0.2) is 5.65 Å². The molecule has 7 nitrogen and oxygen atoms in total. The standard InChI is InChI=1S/C18H16Cl2N6OS/c1-11-15(19)16(20)25(24-11)8-3-6-22-18(27)12-10-23-26-13(5-7-21-17(12)26)14-4-2-9-28-14/h2,4-5,7,9-10H,3,6,8H2,1H3,(H,22,27). The smallest absolute Gasteiger partial charge is 0.256 e. The molecule has 0 saturated heterocycles. The number of halogens is 2. The van der Waals surface area contributed by atoms with Gasteiger partial charge in [0.25, 0.3) is 5.91 Å². The number of amides is 1. The summed E-state index contributed by atoms with van der Waals surface area (Å²) in [6, 6.07) is 5.87. The van der Waals surface area contributed by atoms with Crippen LogP contribution in [0.1, 0.15) is 22.5 Å². The minimum Gasteiger partial charge on any atom is -0.352 e. The Kier molecular flexibility index (Phi) is 5.34. The number of fused-ring (bicyclic) bond motifs is 1. The molecule has 0 radical (unpaired) electrons. The van der Waals surface area contributed by atoms with Gasteiger partial charge in [0, 0.05) is 19.3 Å². The average Bonchev–Trinajstić information content (AvgIpc) is 3.42. The van der Waals surface area contributed by atoms with Crippen molar-refractivity contribution >= 4 is 46.1 Å².